The number of nitrogens with zero attached hydrogens (tertiary/aromatic N) is 1. The van der Waals surface area contributed by atoms with E-state index >= 15 is 0 Å². The molecule has 0 radical (unpaired) electrons. The number of hydrogen-bond acceptors (Lipinski definition) is 4. The number of unbranched alkanes of at least 4 members (excludes halogenated alkanes) is 16. The molecule has 0 unspecified atom stereocenters. The Bertz CT molecular complexity index is 565. The Kier molecular flexibility index (Phi) is 28.6. The molecule has 0 atom stereocenters. The molecule has 0 aliphatic rings. The smallest absolute Gasteiger partial charge is 0.862 e. The van der Waals surface area contributed by atoms with Gasteiger partial charge in [-0.1, -0.05) is 96.1 Å². The zero-order valence-corrected chi connectivity index (χ0v) is 24.6. The SMILES string of the molecule is CCCCCCCC/C=C\CCCCCCCCCCCC([O-])=NCCCCS(=O)(=O)O.[Na+]. The largest absolute Gasteiger partial charge is 1.00 e. The molecule has 0 amide bonds. The Morgan fingerprint density at radius 1 is 0.727 bits per heavy atom. The molecule has 0 bridgehead atoms. The first-order valence-corrected chi connectivity index (χ1v) is 14.9. The second-order valence-corrected chi connectivity index (χ2v) is 10.6. The molecule has 7 heteroatoms. The van der Waals surface area contributed by atoms with Crippen molar-refractivity contribution in [3.63, 3.8) is 0 Å². The first-order valence-electron chi connectivity index (χ1n) is 13.3. The Balaban J connectivity index is 0. The van der Waals surface area contributed by atoms with Crippen LogP contribution in [-0.4, -0.2) is 31.2 Å². The number of aliphatic imine (C=N–C) groups is 1. The molecule has 0 aliphatic carbocycles. The topological polar surface area (TPSA) is 89.8 Å². The average molecular weight is 496 g/mol. The van der Waals surface area contributed by atoms with Crippen LogP contribution in [0, 0.1) is 0 Å². The molecule has 0 fully saturated rings. The maximum Gasteiger partial charge on any atom is 1.00 e. The predicted octanol–water partition coefficient (Wildman–Crippen LogP) is 4.02. The van der Waals surface area contributed by atoms with E-state index in [0.717, 1.165) is 12.8 Å². The standard InChI is InChI=1S/C26H51NO4S.Na/c1-2-3-4-5-6-7-8-9-10-11-12-13-14-15-16-17-18-19-20-23-26(28)27-24-21-22-25-32(29,30)31;/h9-10H,2-8,11-25H2,1H3,(H,27,28)(H,29,30,31);/q;+1/p-1/b10-9-;. The van der Waals surface area contributed by atoms with E-state index in [4.69, 9.17) is 4.55 Å². The van der Waals surface area contributed by atoms with Crippen LogP contribution in [0.4, 0.5) is 0 Å². The predicted molar refractivity (Wildman–Crippen MR) is 136 cm³/mol. The summed E-state index contributed by atoms with van der Waals surface area (Å²) in [5.74, 6) is -0.342. The van der Waals surface area contributed by atoms with Crippen molar-refractivity contribution in [1.29, 1.82) is 0 Å². The molecule has 33 heavy (non-hydrogen) atoms. The van der Waals surface area contributed by atoms with Crippen LogP contribution in [0.25, 0.3) is 0 Å². The number of allylic oxidation sites excluding steroid dienone is 2. The molecule has 1 N–H and O–H groups in total. The molecule has 0 aromatic carbocycles. The van der Waals surface area contributed by atoms with E-state index in [-0.39, 0.29) is 41.2 Å². The van der Waals surface area contributed by atoms with Gasteiger partial charge in [0.05, 0.1) is 5.75 Å². The maximum absolute atomic E-state index is 11.6. The van der Waals surface area contributed by atoms with Gasteiger partial charge in [-0.3, -0.25) is 4.55 Å². The molecule has 0 spiro atoms. The minimum Gasteiger partial charge on any atom is -0.862 e. The molecule has 0 aliphatic heterocycles. The van der Waals surface area contributed by atoms with Crippen LogP contribution in [-0.2, 0) is 10.1 Å². The van der Waals surface area contributed by atoms with Gasteiger partial charge in [0.25, 0.3) is 10.1 Å². The van der Waals surface area contributed by atoms with E-state index in [1.54, 1.807) is 0 Å². The van der Waals surface area contributed by atoms with E-state index < -0.39 is 10.1 Å². The van der Waals surface area contributed by atoms with Crippen molar-refractivity contribution < 1.29 is 47.6 Å². The maximum atomic E-state index is 11.6. The van der Waals surface area contributed by atoms with Gasteiger partial charge < -0.3 is 10.1 Å². The van der Waals surface area contributed by atoms with Gasteiger partial charge in [-0.2, -0.15) is 8.42 Å². The first kappa shape index (κ1) is 35.3. The van der Waals surface area contributed by atoms with E-state index in [1.807, 2.05) is 0 Å². The fraction of sp³-hybridized carbons (Fsp3) is 0.885. The van der Waals surface area contributed by atoms with Crippen molar-refractivity contribution >= 4 is 16.0 Å². The van der Waals surface area contributed by atoms with Crippen LogP contribution in [0.5, 0.6) is 0 Å². The van der Waals surface area contributed by atoms with Crippen LogP contribution in [0.1, 0.15) is 135 Å². The van der Waals surface area contributed by atoms with Crippen LogP contribution in [0.3, 0.4) is 0 Å². The molecular weight excluding hydrogens is 445 g/mol. The van der Waals surface area contributed by atoms with Crippen LogP contribution < -0.4 is 34.7 Å². The number of rotatable bonds is 24. The van der Waals surface area contributed by atoms with Gasteiger partial charge in [0.15, 0.2) is 0 Å². The summed E-state index contributed by atoms with van der Waals surface area (Å²) in [6, 6.07) is 0. The second-order valence-electron chi connectivity index (χ2n) is 9.02. The van der Waals surface area contributed by atoms with Gasteiger partial charge in [0.1, 0.15) is 0 Å². The third-order valence-corrected chi connectivity index (χ3v) is 6.56. The van der Waals surface area contributed by atoms with Gasteiger partial charge in [-0.25, -0.2) is 0 Å². The van der Waals surface area contributed by atoms with Crippen LogP contribution in [0.15, 0.2) is 17.1 Å². The molecule has 0 saturated carbocycles. The van der Waals surface area contributed by atoms with E-state index in [0.29, 0.717) is 25.8 Å². The van der Waals surface area contributed by atoms with Crippen molar-refractivity contribution in [2.45, 2.75) is 135 Å². The summed E-state index contributed by atoms with van der Waals surface area (Å²) in [5, 5.41) is 11.6. The van der Waals surface area contributed by atoms with Gasteiger partial charge in [0.2, 0.25) is 0 Å². The third kappa shape index (κ3) is 32.1. The Morgan fingerprint density at radius 2 is 1.18 bits per heavy atom. The molecule has 190 valence electrons. The summed E-state index contributed by atoms with van der Waals surface area (Å²) in [5.41, 5.74) is 0. The van der Waals surface area contributed by atoms with Gasteiger partial charge in [-0.05, 0) is 57.3 Å². The zero-order chi connectivity index (χ0) is 23.8. The Labute approximate surface area is 227 Å². The summed E-state index contributed by atoms with van der Waals surface area (Å²) in [6.07, 6.45) is 27.8. The fourth-order valence-corrected chi connectivity index (χ4v) is 4.30. The Morgan fingerprint density at radius 3 is 1.67 bits per heavy atom. The molecule has 0 aromatic rings. The van der Waals surface area contributed by atoms with Crippen molar-refractivity contribution in [3.8, 4) is 0 Å². The minimum absolute atomic E-state index is 0. The molecule has 0 saturated heterocycles. The fourth-order valence-electron chi connectivity index (χ4n) is 3.73. The summed E-state index contributed by atoms with van der Waals surface area (Å²) in [7, 11) is -3.89. The second kappa shape index (κ2) is 26.7. The summed E-state index contributed by atoms with van der Waals surface area (Å²) >= 11 is 0. The normalized spacial score (nSPS) is 12.4. The van der Waals surface area contributed by atoms with Crippen LogP contribution >= 0.6 is 0 Å². The van der Waals surface area contributed by atoms with Crippen molar-refractivity contribution in [1.82, 2.24) is 0 Å². The summed E-state index contributed by atoms with van der Waals surface area (Å²) in [6.45, 7) is 2.62. The molecule has 5 nitrogen and oxygen atoms in total. The van der Waals surface area contributed by atoms with E-state index in [2.05, 4.69) is 24.1 Å². The molecule has 0 aromatic heterocycles. The summed E-state index contributed by atoms with van der Waals surface area (Å²) in [4.78, 5) is 3.94. The first-order chi connectivity index (χ1) is 15.5. The number of hydrogen-bond donors (Lipinski definition) is 1. The third-order valence-electron chi connectivity index (χ3n) is 5.75. The monoisotopic (exact) mass is 495 g/mol. The van der Waals surface area contributed by atoms with Gasteiger partial charge in [-0.15, -0.1) is 0 Å². The van der Waals surface area contributed by atoms with Gasteiger partial charge in [0, 0.05) is 6.54 Å². The Hall–Kier alpha value is 0.120. The summed E-state index contributed by atoms with van der Waals surface area (Å²) < 4.78 is 29.8. The molecule has 0 heterocycles. The molecule has 0 rings (SSSR count). The average Bonchev–Trinajstić information content (AvgIpc) is 2.74. The minimum atomic E-state index is -3.89. The van der Waals surface area contributed by atoms with Crippen molar-refractivity contribution in [2.24, 2.45) is 4.99 Å². The van der Waals surface area contributed by atoms with Crippen LogP contribution in [0.2, 0.25) is 0 Å². The van der Waals surface area contributed by atoms with Crippen molar-refractivity contribution in [3.05, 3.63) is 12.2 Å². The van der Waals surface area contributed by atoms with Gasteiger partial charge >= 0.3 is 29.6 Å². The van der Waals surface area contributed by atoms with E-state index in [9.17, 15) is 13.5 Å². The zero-order valence-electron chi connectivity index (χ0n) is 21.7. The molecular formula is C26H50NNaO4S. The quantitative estimate of drug-likeness (QED) is 0.0547. The van der Waals surface area contributed by atoms with E-state index in [1.165, 1.54) is 96.3 Å². The van der Waals surface area contributed by atoms with Crippen molar-refractivity contribution in [2.75, 3.05) is 12.3 Å².